The molecule has 2 rings (SSSR count). The monoisotopic (exact) mass is 245 g/mol. The van der Waals surface area contributed by atoms with Crippen LogP contribution >= 0.6 is 0 Å². The van der Waals surface area contributed by atoms with Crippen LogP contribution < -0.4 is 16.2 Å². The Morgan fingerprint density at radius 1 is 1.39 bits per heavy atom. The highest BCUT2D eigenvalue weighted by molar-refractivity contribution is 6.00. The van der Waals surface area contributed by atoms with Crippen molar-refractivity contribution >= 4 is 17.3 Å². The van der Waals surface area contributed by atoms with Crippen molar-refractivity contribution in [3.05, 3.63) is 42.8 Å². The molecule has 0 amide bonds. The van der Waals surface area contributed by atoms with Crippen LogP contribution in [0.15, 0.2) is 46.7 Å². The van der Waals surface area contributed by atoms with E-state index in [-0.39, 0.29) is 17.3 Å². The van der Waals surface area contributed by atoms with E-state index >= 15 is 0 Å². The molecule has 0 aliphatic rings. The summed E-state index contributed by atoms with van der Waals surface area (Å²) in [6.45, 7) is 3.48. The van der Waals surface area contributed by atoms with Gasteiger partial charge in [0.05, 0.1) is 6.26 Å². The van der Waals surface area contributed by atoms with Gasteiger partial charge in [0.25, 0.3) is 0 Å². The summed E-state index contributed by atoms with van der Waals surface area (Å²) in [7, 11) is 0. The number of nitrogen functional groups attached to an aromatic ring is 1. The number of hydrogen-bond donors (Lipinski definition) is 2. The van der Waals surface area contributed by atoms with Gasteiger partial charge in [-0.3, -0.25) is 0 Å². The highest BCUT2D eigenvalue weighted by Gasteiger charge is 2.11. The van der Waals surface area contributed by atoms with Gasteiger partial charge < -0.3 is 16.2 Å². The van der Waals surface area contributed by atoms with E-state index in [0.717, 1.165) is 0 Å². The van der Waals surface area contributed by atoms with Crippen LogP contribution in [0.3, 0.4) is 0 Å². The number of aromatic nitrogens is 2. The summed E-state index contributed by atoms with van der Waals surface area (Å²) < 4.78 is 9.64. The molecule has 92 valence electrons. The summed E-state index contributed by atoms with van der Waals surface area (Å²) in [5.41, 5.74) is 12.0. The third-order valence-corrected chi connectivity index (χ3v) is 2.07. The van der Waals surface area contributed by atoms with Gasteiger partial charge in [-0.15, -0.1) is 0 Å². The van der Waals surface area contributed by atoms with E-state index in [1.165, 1.54) is 6.26 Å². The smallest absolute Gasteiger partial charge is 0.199 e. The average Bonchev–Trinajstić information content (AvgIpc) is 2.78. The fourth-order valence-electron chi connectivity index (χ4n) is 1.29. The SMILES string of the molecule is C=COc1ccccc1N=C(N)c1nonc1N. The number of para-hydroxylation sites is 2. The third-order valence-electron chi connectivity index (χ3n) is 2.07. The van der Waals surface area contributed by atoms with E-state index < -0.39 is 0 Å². The molecule has 4 N–H and O–H groups in total. The molecule has 7 heteroatoms. The molecule has 0 atom stereocenters. The number of hydrogen-bond acceptors (Lipinski definition) is 6. The molecule has 0 saturated heterocycles. The quantitative estimate of drug-likeness (QED) is 0.475. The van der Waals surface area contributed by atoms with Gasteiger partial charge in [0.15, 0.2) is 23.1 Å². The topological polar surface area (TPSA) is 113 Å². The predicted molar refractivity (Wildman–Crippen MR) is 66.4 cm³/mol. The minimum absolute atomic E-state index is 0.0818. The Morgan fingerprint density at radius 3 is 2.83 bits per heavy atom. The number of aliphatic imine (C=N–C) groups is 1. The second-order valence-corrected chi connectivity index (χ2v) is 3.25. The first-order chi connectivity index (χ1) is 8.72. The molecule has 2 aromatic rings. The van der Waals surface area contributed by atoms with Crippen LogP contribution in [-0.2, 0) is 0 Å². The van der Waals surface area contributed by atoms with Crippen molar-refractivity contribution in [2.45, 2.75) is 0 Å². The minimum atomic E-state index is 0.0818. The highest BCUT2D eigenvalue weighted by Crippen LogP contribution is 2.27. The van der Waals surface area contributed by atoms with Crippen molar-refractivity contribution in [1.82, 2.24) is 10.3 Å². The first-order valence-corrected chi connectivity index (χ1v) is 5.01. The Hall–Kier alpha value is -2.83. The number of nitrogens with two attached hydrogens (primary N) is 2. The first kappa shape index (κ1) is 11.6. The minimum Gasteiger partial charge on any atom is -0.463 e. The molecule has 18 heavy (non-hydrogen) atoms. The predicted octanol–water partition coefficient (Wildman–Crippen LogP) is 1.21. The lowest BCUT2D eigenvalue weighted by molar-refractivity contribution is 0.308. The lowest BCUT2D eigenvalue weighted by Crippen LogP contribution is -2.15. The van der Waals surface area contributed by atoms with E-state index in [1.54, 1.807) is 24.3 Å². The zero-order valence-electron chi connectivity index (χ0n) is 9.41. The van der Waals surface area contributed by atoms with Crippen molar-refractivity contribution in [1.29, 1.82) is 0 Å². The molecule has 0 fully saturated rings. The lowest BCUT2D eigenvalue weighted by Gasteiger charge is -2.04. The van der Waals surface area contributed by atoms with Gasteiger partial charge in [0.2, 0.25) is 0 Å². The second kappa shape index (κ2) is 5.00. The standard InChI is InChI=1S/C11H11N5O2/c1-2-17-8-6-4-3-5-7(8)14-10(12)9-11(13)16-18-15-9/h2-6H,1H2,(H2,12,14)(H2,13,16). The van der Waals surface area contributed by atoms with Crippen LogP contribution in [-0.4, -0.2) is 16.1 Å². The number of amidine groups is 1. The van der Waals surface area contributed by atoms with Crippen LogP contribution in [0.1, 0.15) is 5.69 Å². The molecule has 0 bridgehead atoms. The molecule has 0 spiro atoms. The molecule has 1 heterocycles. The van der Waals surface area contributed by atoms with Crippen molar-refractivity contribution in [2.24, 2.45) is 10.7 Å². The van der Waals surface area contributed by atoms with Gasteiger partial charge in [-0.05, 0) is 22.4 Å². The van der Waals surface area contributed by atoms with Crippen molar-refractivity contribution < 1.29 is 9.37 Å². The van der Waals surface area contributed by atoms with Crippen molar-refractivity contribution in [2.75, 3.05) is 5.73 Å². The van der Waals surface area contributed by atoms with Gasteiger partial charge >= 0.3 is 0 Å². The summed E-state index contributed by atoms with van der Waals surface area (Å²) in [5.74, 6) is 0.692. The normalized spacial score (nSPS) is 11.2. The number of benzene rings is 1. The molecular formula is C11H11N5O2. The Bertz CT molecular complexity index is 591. The van der Waals surface area contributed by atoms with Crippen molar-refractivity contribution in [3.8, 4) is 5.75 Å². The fourth-order valence-corrected chi connectivity index (χ4v) is 1.29. The number of ether oxygens (including phenoxy) is 1. The molecule has 7 nitrogen and oxygen atoms in total. The second-order valence-electron chi connectivity index (χ2n) is 3.25. The maximum Gasteiger partial charge on any atom is 0.199 e. The molecule has 0 saturated carbocycles. The molecular weight excluding hydrogens is 234 g/mol. The number of rotatable bonds is 4. The summed E-state index contributed by atoms with van der Waals surface area (Å²) in [5, 5.41) is 6.98. The van der Waals surface area contributed by atoms with Crippen LogP contribution in [0, 0.1) is 0 Å². The average molecular weight is 245 g/mol. The number of nitrogens with zero attached hydrogens (tertiary/aromatic N) is 3. The summed E-state index contributed by atoms with van der Waals surface area (Å²) >= 11 is 0. The van der Waals surface area contributed by atoms with Gasteiger partial charge in [-0.25, -0.2) is 9.62 Å². The van der Waals surface area contributed by atoms with Crippen molar-refractivity contribution in [3.63, 3.8) is 0 Å². The molecule has 0 radical (unpaired) electrons. The van der Waals surface area contributed by atoms with Crippen LogP contribution in [0.2, 0.25) is 0 Å². The van der Waals surface area contributed by atoms with E-state index in [0.29, 0.717) is 11.4 Å². The largest absolute Gasteiger partial charge is 0.463 e. The van der Waals surface area contributed by atoms with Crippen LogP contribution in [0.4, 0.5) is 11.5 Å². The summed E-state index contributed by atoms with van der Waals surface area (Å²) in [6.07, 6.45) is 1.30. The van der Waals surface area contributed by atoms with Gasteiger partial charge in [-0.2, -0.15) is 0 Å². The zero-order chi connectivity index (χ0) is 13.0. The first-order valence-electron chi connectivity index (χ1n) is 5.01. The molecule has 1 aromatic carbocycles. The molecule has 1 aromatic heterocycles. The Labute approximate surface area is 103 Å². The Kier molecular flexibility index (Phi) is 3.24. The van der Waals surface area contributed by atoms with E-state index in [1.807, 2.05) is 0 Å². The van der Waals surface area contributed by atoms with Crippen LogP contribution in [0.5, 0.6) is 5.75 Å². The van der Waals surface area contributed by atoms with Gasteiger partial charge in [0, 0.05) is 0 Å². The fraction of sp³-hybridized carbons (Fsp3) is 0. The van der Waals surface area contributed by atoms with Crippen LogP contribution in [0.25, 0.3) is 0 Å². The van der Waals surface area contributed by atoms with Gasteiger partial charge in [-0.1, -0.05) is 18.7 Å². The Balaban J connectivity index is 2.38. The highest BCUT2D eigenvalue weighted by atomic mass is 16.6. The molecule has 0 unspecified atom stereocenters. The lowest BCUT2D eigenvalue weighted by atomic mass is 10.3. The molecule has 0 aliphatic carbocycles. The van der Waals surface area contributed by atoms with Gasteiger partial charge in [0.1, 0.15) is 5.69 Å². The van der Waals surface area contributed by atoms with E-state index in [4.69, 9.17) is 16.2 Å². The summed E-state index contributed by atoms with van der Waals surface area (Å²) in [4.78, 5) is 4.16. The maximum atomic E-state index is 5.76. The third kappa shape index (κ3) is 2.29. The summed E-state index contributed by atoms with van der Waals surface area (Å²) in [6, 6.07) is 7.07. The Morgan fingerprint density at radius 2 is 2.17 bits per heavy atom. The number of anilines is 1. The van der Waals surface area contributed by atoms with E-state index in [9.17, 15) is 0 Å². The molecule has 0 aliphatic heterocycles. The van der Waals surface area contributed by atoms with E-state index in [2.05, 4.69) is 26.5 Å². The maximum absolute atomic E-state index is 5.76. The zero-order valence-corrected chi connectivity index (χ0v) is 9.41.